The van der Waals surface area contributed by atoms with Gasteiger partial charge in [0.1, 0.15) is 0 Å². The number of hydrogen-bond acceptors (Lipinski definition) is 0. The Morgan fingerprint density at radius 2 is 1.05 bits per heavy atom. The summed E-state index contributed by atoms with van der Waals surface area (Å²) in [5.41, 5.74) is 2.68. The highest BCUT2D eigenvalue weighted by Crippen LogP contribution is 2.16. The summed E-state index contributed by atoms with van der Waals surface area (Å²) < 4.78 is 0. The third-order valence-corrected chi connectivity index (χ3v) is 3.93. The van der Waals surface area contributed by atoms with E-state index in [4.69, 9.17) is 23.2 Å². The molecule has 0 fully saturated rings. The van der Waals surface area contributed by atoms with Crippen molar-refractivity contribution in [3.05, 3.63) is 69.7 Å². The molecule has 0 spiro atoms. The van der Waals surface area contributed by atoms with Crippen LogP contribution in [0.3, 0.4) is 0 Å². The lowest BCUT2D eigenvalue weighted by Gasteiger charge is -2.04. The Balaban J connectivity index is 1.60. The van der Waals surface area contributed by atoms with Crippen molar-refractivity contribution in [3.63, 3.8) is 0 Å². The molecule has 0 saturated carbocycles. The standard InChI is InChI=1S/C18H20Cl2/c19-17-11-5-9-15(13-17)7-3-1-2-4-8-16-10-6-12-18(20)14-16/h5-6,9-14H,1-4,7-8H2. The summed E-state index contributed by atoms with van der Waals surface area (Å²) in [7, 11) is 0. The van der Waals surface area contributed by atoms with Gasteiger partial charge >= 0.3 is 0 Å². The van der Waals surface area contributed by atoms with Gasteiger partial charge in [0, 0.05) is 10.0 Å². The fraction of sp³-hybridized carbons (Fsp3) is 0.333. The Morgan fingerprint density at radius 3 is 1.45 bits per heavy atom. The van der Waals surface area contributed by atoms with E-state index >= 15 is 0 Å². The van der Waals surface area contributed by atoms with Crippen molar-refractivity contribution in [2.75, 3.05) is 0 Å². The predicted octanol–water partition coefficient (Wildman–Crippen LogP) is 6.34. The van der Waals surface area contributed by atoms with Gasteiger partial charge < -0.3 is 0 Å². The van der Waals surface area contributed by atoms with Crippen molar-refractivity contribution < 1.29 is 0 Å². The molecule has 2 heteroatoms. The molecule has 0 aliphatic rings. The van der Waals surface area contributed by atoms with Gasteiger partial charge in [0.05, 0.1) is 0 Å². The number of aryl methyl sites for hydroxylation is 2. The molecule has 0 radical (unpaired) electrons. The third-order valence-electron chi connectivity index (χ3n) is 3.46. The number of rotatable bonds is 7. The molecule has 0 aliphatic heterocycles. The van der Waals surface area contributed by atoms with Crippen LogP contribution in [-0.4, -0.2) is 0 Å². The molecule has 0 heterocycles. The van der Waals surface area contributed by atoms with Crippen molar-refractivity contribution in [2.24, 2.45) is 0 Å². The monoisotopic (exact) mass is 306 g/mol. The van der Waals surface area contributed by atoms with Gasteiger partial charge in [0.15, 0.2) is 0 Å². The minimum Gasteiger partial charge on any atom is -0.0843 e. The van der Waals surface area contributed by atoms with Crippen LogP contribution in [0.25, 0.3) is 0 Å². The lowest BCUT2D eigenvalue weighted by atomic mass is 10.0. The van der Waals surface area contributed by atoms with Gasteiger partial charge in [-0.2, -0.15) is 0 Å². The number of unbranched alkanes of at least 4 members (excludes halogenated alkanes) is 3. The molecule has 0 N–H and O–H groups in total. The van der Waals surface area contributed by atoms with Crippen LogP contribution in [0, 0.1) is 0 Å². The zero-order chi connectivity index (χ0) is 14.2. The molecule has 0 atom stereocenters. The quantitative estimate of drug-likeness (QED) is 0.524. The highest BCUT2D eigenvalue weighted by atomic mass is 35.5. The molecule has 0 unspecified atom stereocenters. The molecule has 106 valence electrons. The number of halogens is 2. The van der Waals surface area contributed by atoms with Gasteiger partial charge in [-0.3, -0.25) is 0 Å². The molecule has 0 aliphatic carbocycles. The molecule has 0 saturated heterocycles. The average Bonchev–Trinajstić information content (AvgIpc) is 2.43. The first-order chi connectivity index (χ1) is 9.74. The maximum absolute atomic E-state index is 5.98. The molecule has 2 aromatic rings. The summed E-state index contributed by atoms with van der Waals surface area (Å²) in [5, 5.41) is 1.67. The Hall–Kier alpha value is -0.980. The number of benzene rings is 2. The minimum atomic E-state index is 0.837. The molecular formula is C18H20Cl2. The largest absolute Gasteiger partial charge is 0.0843 e. The van der Waals surface area contributed by atoms with Gasteiger partial charge in [0.25, 0.3) is 0 Å². The fourth-order valence-electron chi connectivity index (χ4n) is 2.40. The normalized spacial score (nSPS) is 10.7. The van der Waals surface area contributed by atoms with Crippen LogP contribution in [0.15, 0.2) is 48.5 Å². The summed E-state index contributed by atoms with van der Waals surface area (Å²) in [4.78, 5) is 0. The van der Waals surface area contributed by atoms with E-state index in [0.717, 1.165) is 22.9 Å². The Labute approximate surface area is 131 Å². The van der Waals surface area contributed by atoms with Crippen molar-refractivity contribution >= 4 is 23.2 Å². The van der Waals surface area contributed by atoms with Crippen LogP contribution in [-0.2, 0) is 12.8 Å². The summed E-state index contributed by atoms with van der Waals surface area (Å²) in [6.45, 7) is 0. The lowest BCUT2D eigenvalue weighted by Crippen LogP contribution is -1.88. The van der Waals surface area contributed by atoms with Crippen molar-refractivity contribution in [1.29, 1.82) is 0 Å². The predicted molar refractivity (Wildman–Crippen MR) is 88.8 cm³/mol. The SMILES string of the molecule is Clc1cccc(CCCCCCc2cccc(Cl)c2)c1. The second-order valence-corrected chi connectivity index (χ2v) is 6.05. The summed E-state index contributed by atoms with van der Waals surface area (Å²) in [5.74, 6) is 0. The Kier molecular flexibility index (Phi) is 6.42. The van der Waals surface area contributed by atoms with Gasteiger partial charge in [-0.25, -0.2) is 0 Å². The molecule has 0 bridgehead atoms. The second-order valence-electron chi connectivity index (χ2n) is 5.17. The van der Waals surface area contributed by atoms with Crippen LogP contribution in [0.5, 0.6) is 0 Å². The van der Waals surface area contributed by atoms with Gasteiger partial charge in [-0.1, -0.05) is 60.3 Å². The highest BCUT2D eigenvalue weighted by Gasteiger charge is 1.97. The van der Waals surface area contributed by atoms with Crippen molar-refractivity contribution in [2.45, 2.75) is 38.5 Å². The van der Waals surface area contributed by atoms with E-state index in [1.165, 1.54) is 36.8 Å². The van der Waals surface area contributed by atoms with E-state index in [0.29, 0.717) is 0 Å². The zero-order valence-corrected chi connectivity index (χ0v) is 13.1. The molecule has 0 nitrogen and oxygen atoms in total. The maximum Gasteiger partial charge on any atom is 0.0408 e. The first kappa shape index (κ1) is 15.4. The zero-order valence-electron chi connectivity index (χ0n) is 11.6. The molecule has 2 aromatic carbocycles. The molecule has 0 amide bonds. The fourth-order valence-corrected chi connectivity index (χ4v) is 2.82. The van der Waals surface area contributed by atoms with Gasteiger partial charge in [-0.15, -0.1) is 0 Å². The first-order valence-corrected chi connectivity index (χ1v) is 7.98. The van der Waals surface area contributed by atoms with Crippen LogP contribution < -0.4 is 0 Å². The Bertz CT molecular complexity index is 485. The highest BCUT2D eigenvalue weighted by molar-refractivity contribution is 6.30. The summed E-state index contributed by atoms with van der Waals surface area (Å²) in [6, 6.07) is 16.3. The second kappa shape index (κ2) is 8.34. The molecular weight excluding hydrogens is 287 g/mol. The first-order valence-electron chi connectivity index (χ1n) is 7.23. The van der Waals surface area contributed by atoms with E-state index in [9.17, 15) is 0 Å². The van der Waals surface area contributed by atoms with E-state index in [2.05, 4.69) is 24.3 Å². The third kappa shape index (κ3) is 5.56. The van der Waals surface area contributed by atoms with E-state index in [-0.39, 0.29) is 0 Å². The smallest absolute Gasteiger partial charge is 0.0408 e. The topological polar surface area (TPSA) is 0 Å². The van der Waals surface area contributed by atoms with Crippen molar-refractivity contribution in [3.8, 4) is 0 Å². The van der Waals surface area contributed by atoms with E-state index in [1.54, 1.807) is 0 Å². The maximum atomic E-state index is 5.98. The van der Waals surface area contributed by atoms with Gasteiger partial charge in [-0.05, 0) is 61.1 Å². The lowest BCUT2D eigenvalue weighted by molar-refractivity contribution is 0.640. The summed E-state index contributed by atoms with van der Waals surface area (Å²) >= 11 is 12.0. The average molecular weight is 307 g/mol. The summed E-state index contributed by atoms with van der Waals surface area (Å²) in [6.07, 6.45) is 7.25. The molecule has 0 aromatic heterocycles. The van der Waals surface area contributed by atoms with Gasteiger partial charge in [0.2, 0.25) is 0 Å². The van der Waals surface area contributed by atoms with E-state index < -0.39 is 0 Å². The number of hydrogen-bond donors (Lipinski definition) is 0. The molecule has 2 rings (SSSR count). The molecule has 20 heavy (non-hydrogen) atoms. The van der Waals surface area contributed by atoms with Crippen LogP contribution in [0.4, 0.5) is 0 Å². The van der Waals surface area contributed by atoms with E-state index in [1.807, 2.05) is 24.3 Å². The minimum absolute atomic E-state index is 0.837. The van der Waals surface area contributed by atoms with Crippen LogP contribution in [0.2, 0.25) is 10.0 Å². The van der Waals surface area contributed by atoms with Crippen molar-refractivity contribution in [1.82, 2.24) is 0 Å². The van der Waals surface area contributed by atoms with Crippen LogP contribution >= 0.6 is 23.2 Å². The van der Waals surface area contributed by atoms with Crippen LogP contribution in [0.1, 0.15) is 36.8 Å². The Morgan fingerprint density at radius 1 is 0.600 bits per heavy atom.